The molecule has 0 bridgehead atoms. The van der Waals surface area contributed by atoms with Crippen LogP contribution in [-0.4, -0.2) is 36.3 Å². The highest BCUT2D eigenvalue weighted by Crippen LogP contribution is 2.23. The van der Waals surface area contributed by atoms with Gasteiger partial charge in [0, 0.05) is 12.6 Å². The van der Waals surface area contributed by atoms with E-state index in [0.717, 1.165) is 17.9 Å². The van der Waals surface area contributed by atoms with E-state index in [-0.39, 0.29) is 6.61 Å². The lowest BCUT2D eigenvalue weighted by molar-refractivity contribution is 0.260. The van der Waals surface area contributed by atoms with E-state index in [2.05, 4.69) is 35.8 Å². The van der Waals surface area contributed by atoms with Crippen molar-refractivity contribution in [2.75, 3.05) is 20.3 Å². The number of likely N-dealkylation sites (tertiary alicyclic amines) is 1. The van der Waals surface area contributed by atoms with E-state index >= 15 is 0 Å². The van der Waals surface area contributed by atoms with Gasteiger partial charge in [0.2, 0.25) is 0 Å². The summed E-state index contributed by atoms with van der Waals surface area (Å²) in [6.45, 7) is 4.28. The molecule has 0 amide bonds. The first kappa shape index (κ1) is 13.9. The molecule has 1 heterocycles. The Labute approximate surface area is 115 Å². The summed E-state index contributed by atoms with van der Waals surface area (Å²) in [6.07, 6.45) is 2.57. The number of aliphatic hydroxyl groups is 1. The second-order valence-electron chi connectivity index (χ2n) is 4.96. The van der Waals surface area contributed by atoms with Gasteiger partial charge in [0.15, 0.2) is 0 Å². The van der Waals surface area contributed by atoms with Crippen LogP contribution in [-0.2, 0) is 6.54 Å². The van der Waals surface area contributed by atoms with Crippen LogP contribution in [0.5, 0.6) is 5.75 Å². The molecule has 1 aliphatic rings. The van der Waals surface area contributed by atoms with Gasteiger partial charge in [0.05, 0.1) is 12.7 Å². The van der Waals surface area contributed by atoms with Gasteiger partial charge in [-0.1, -0.05) is 17.9 Å². The van der Waals surface area contributed by atoms with E-state index in [1.165, 1.54) is 24.9 Å². The Hall–Kier alpha value is -1.50. The zero-order chi connectivity index (χ0) is 13.7. The van der Waals surface area contributed by atoms with Crippen LogP contribution in [0.25, 0.3) is 0 Å². The molecule has 0 spiro atoms. The molecule has 0 aliphatic carbocycles. The average Bonchev–Trinajstić information content (AvgIpc) is 2.82. The lowest BCUT2D eigenvalue weighted by Crippen LogP contribution is -2.26. The van der Waals surface area contributed by atoms with Crippen molar-refractivity contribution >= 4 is 0 Å². The van der Waals surface area contributed by atoms with Crippen LogP contribution in [0.4, 0.5) is 0 Å². The maximum absolute atomic E-state index is 8.80. The Morgan fingerprint density at radius 1 is 1.47 bits per heavy atom. The molecule has 0 saturated carbocycles. The van der Waals surface area contributed by atoms with Crippen LogP contribution in [0.1, 0.15) is 30.9 Å². The fourth-order valence-corrected chi connectivity index (χ4v) is 2.55. The summed E-state index contributed by atoms with van der Waals surface area (Å²) in [5.41, 5.74) is 2.10. The van der Waals surface area contributed by atoms with Crippen molar-refractivity contribution in [2.45, 2.75) is 32.4 Å². The first-order valence-electron chi connectivity index (χ1n) is 6.75. The molecule has 0 radical (unpaired) electrons. The SMILES string of the molecule is COc1ccc(CN2CCCC2C)cc1C#CCO. The molecule has 19 heavy (non-hydrogen) atoms. The van der Waals surface area contributed by atoms with Crippen LogP contribution in [0, 0.1) is 11.8 Å². The van der Waals surface area contributed by atoms with Crippen molar-refractivity contribution in [2.24, 2.45) is 0 Å². The molecule has 1 aromatic rings. The smallest absolute Gasteiger partial charge is 0.134 e. The predicted molar refractivity (Wildman–Crippen MR) is 76.1 cm³/mol. The molecule has 1 fully saturated rings. The highest BCUT2D eigenvalue weighted by molar-refractivity contribution is 5.48. The van der Waals surface area contributed by atoms with Crippen LogP contribution in [0.3, 0.4) is 0 Å². The summed E-state index contributed by atoms with van der Waals surface area (Å²) in [5, 5.41) is 8.80. The molecule has 2 rings (SSSR count). The molecule has 3 heteroatoms. The van der Waals surface area contributed by atoms with Gasteiger partial charge in [0.25, 0.3) is 0 Å². The zero-order valence-corrected chi connectivity index (χ0v) is 11.6. The monoisotopic (exact) mass is 259 g/mol. The van der Waals surface area contributed by atoms with Gasteiger partial charge in [-0.05, 0) is 44.0 Å². The number of rotatable bonds is 3. The highest BCUT2D eigenvalue weighted by atomic mass is 16.5. The van der Waals surface area contributed by atoms with E-state index in [4.69, 9.17) is 9.84 Å². The van der Waals surface area contributed by atoms with Gasteiger partial charge in [-0.2, -0.15) is 0 Å². The normalized spacial score (nSPS) is 19.0. The Morgan fingerprint density at radius 3 is 2.95 bits per heavy atom. The van der Waals surface area contributed by atoms with Gasteiger partial charge < -0.3 is 9.84 Å². The molecule has 1 aliphatic heterocycles. The third-order valence-corrected chi connectivity index (χ3v) is 3.64. The van der Waals surface area contributed by atoms with Gasteiger partial charge in [-0.15, -0.1) is 0 Å². The van der Waals surface area contributed by atoms with Gasteiger partial charge >= 0.3 is 0 Å². The summed E-state index contributed by atoms with van der Waals surface area (Å²) < 4.78 is 5.29. The standard InChI is InChI=1S/C16H21NO2/c1-13-5-3-9-17(13)12-14-7-8-16(19-2)15(11-14)6-4-10-18/h7-8,11,13,18H,3,5,9-10,12H2,1-2H3. The van der Waals surface area contributed by atoms with Gasteiger partial charge in [-0.3, -0.25) is 4.90 Å². The van der Waals surface area contributed by atoms with Crippen LogP contribution in [0.15, 0.2) is 18.2 Å². The van der Waals surface area contributed by atoms with Crippen molar-refractivity contribution in [3.05, 3.63) is 29.3 Å². The summed E-state index contributed by atoms with van der Waals surface area (Å²) in [7, 11) is 1.64. The fraction of sp³-hybridized carbons (Fsp3) is 0.500. The fourth-order valence-electron chi connectivity index (χ4n) is 2.55. The summed E-state index contributed by atoms with van der Waals surface area (Å²) in [6, 6.07) is 6.77. The minimum Gasteiger partial charge on any atom is -0.495 e. The van der Waals surface area contributed by atoms with Crippen LogP contribution >= 0.6 is 0 Å². The van der Waals surface area contributed by atoms with Crippen molar-refractivity contribution in [1.29, 1.82) is 0 Å². The van der Waals surface area contributed by atoms with E-state index in [1.807, 2.05) is 6.07 Å². The number of hydrogen-bond acceptors (Lipinski definition) is 3. The highest BCUT2D eigenvalue weighted by Gasteiger charge is 2.20. The number of benzene rings is 1. The van der Waals surface area contributed by atoms with E-state index in [1.54, 1.807) is 7.11 Å². The maximum Gasteiger partial charge on any atom is 0.134 e. The zero-order valence-electron chi connectivity index (χ0n) is 11.6. The van der Waals surface area contributed by atoms with E-state index in [9.17, 15) is 0 Å². The lowest BCUT2D eigenvalue weighted by Gasteiger charge is -2.21. The minimum atomic E-state index is -0.128. The molecule has 0 aromatic heterocycles. The molecule has 1 N–H and O–H groups in total. The number of nitrogens with zero attached hydrogens (tertiary/aromatic N) is 1. The molecule has 1 saturated heterocycles. The summed E-state index contributed by atoms with van der Waals surface area (Å²) in [4.78, 5) is 2.49. The number of hydrogen-bond donors (Lipinski definition) is 1. The maximum atomic E-state index is 8.80. The van der Waals surface area contributed by atoms with Crippen molar-refractivity contribution in [1.82, 2.24) is 4.90 Å². The molecule has 1 aromatic carbocycles. The van der Waals surface area contributed by atoms with Crippen molar-refractivity contribution in [3.63, 3.8) is 0 Å². The minimum absolute atomic E-state index is 0.128. The molecular weight excluding hydrogens is 238 g/mol. The number of methoxy groups -OCH3 is 1. The van der Waals surface area contributed by atoms with Crippen molar-refractivity contribution < 1.29 is 9.84 Å². The molecule has 102 valence electrons. The Balaban J connectivity index is 2.17. The lowest BCUT2D eigenvalue weighted by atomic mass is 10.1. The molecular formula is C16H21NO2. The summed E-state index contributed by atoms with van der Waals surface area (Å²) in [5.74, 6) is 6.39. The van der Waals surface area contributed by atoms with Crippen molar-refractivity contribution in [3.8, 4) is 17.6 Å². The van der Waals surface area contributed by atoms with Crippen LogP contribution < -0.4 is 4.74 Å². The topological polar surface area (TPSA) is 32.7 Å². The quantitative estimate of drug-likeness (QED) is 0.843. The predicted octanol–water partition coefficient (Wildman–Crippen LogP) is 2.02. The first-order valence-corrected chi connectivity index (χ1v) is 6.75. The largest absolute Gasteiger partial charge is 0.495 e. The Kier molecular flexibility index (Phi) is 4.84. The van der Waals surface area contributed by atoms with Gasteiger partial charge in [0.1, 0.15) is 12.4 Å². The van der Waals surface area contributed by atoms with Crippen LogP contribution in [0.2, 0.25) is 0 Å². The summed E-state index contributed by atoms with van der Waals surface area (Å²) >= 11 is 0. The van der Waals surface area contributed by atoms with E-state index < -0.39 is 0 Å². The Bertz CT molecular complexity index is 487. The third-order valence-electron chi connectivity index (χ3n) is 3.64. The third kappa shape index (κ3) is 3.50. The molecule has 1 unspecified atom stereocenters. The molecule has 3 nitrogen and oxygen atoms in total. The molecule has 1 atom stereocenters. The average molecular weight is 259 g/mol. The second-order valence-corrected chi connectivity index (χ2v) is 4.96. The van der Waals surface area contributed by atoms with E-state index in [0.29, 0.717) is 6.04 Å². The first-order chi connectivity index (χ1) is 9.24. The Morgan fingerprint density at radius 2 is 2.32 bits per heavy atom. The second kappa shape index (κ2) is 6.60. The van der Waals surface area contributed by atoms with Gasteiger partial charge in [-0.25, -0.2) is 0 Å². The number of ether oxygens (including phenoxy) is 1. The number of aliphatic hydroxyl groups excluding tert-OH is 1.